The SMILES string of the molecule is CC(C)(C)OC(=O)N1CCN(S(=O)(=O)Nc2cccc(Cl)c2)CC1.C[n+]1ccn(S(=O)(=O)N2CCN(C(=O)OC(C)(C)C)CC2)c1.Nc1cccc(Cl)c1. The van der Waals surface area contributed by atoms with Crippen LogP contribution in [0.4, 0.5) is 21.0 Å². The van der Waals surface area contributed by atoms with Crippen LogP contribution in [0.3, 0.4) is 0 Å². The zero-order chi connectivity index (χ0) is 40.5. The number of piperazine rings is 2. The maximum absolute atomic E-state index is 12.4. The Labute approximate surface area is 328 Å². The van der Waals surface area contributed by atoms with E-state index in [-0.39, 0.29) is 39.3 Å². The lowest BCUT2D eigenvalue weighted by Gasteiger charge is -2.34. The number of nitrogens with two attached hydrogens (primary N) is 1. The Hall–Kier alpha value is -3.81. The van der Waals surface area contributed by atoms with Gasteiger partial charge in [0.05, 0.1) is 12.7 Å². The number of nitrogens with zero attached hydrogens (tertiary/aromatic N) is 6. The molecule has 3 aromatic rings. The van der Waals surface area contributed by atoms with Gasteiger partial charge < -0.3 is 25.0 Å². The molecule has 0 spiro atoms. The number of carbonyl (C=O) groups excluding carboxylic acids is 2. The number of benzene rings is 2. The van der Waals surface area contributed by atoms with Gasteiger partial charge in [-0.1, -0.05) is 35.3 Å². The molecule has 2 aromatic carbocycles. The molecule has 2 saturated heterocycles. The molecule has 0 saturated carbocycles. The van der Waals surface area contributed by atoms with Crippen molar-refractivity contribution in [3.05, 3.63) is 77.3 Å². The summed E-state index contributed by atoms with van der Waals surface area (Å²) in [6, 6.07) is 13.6. The second kappa shape index (κ2) is 18.7. The number of ether oxygens (including phenoxy) is 2. The maximum Gasteiger partial charge on any atom is 0.410 e. The van der Waals surface area contributed by atoms with Crippen molar-refractivity contribution in [3.8, 4) is 0 Å². The van der Waals surface area contributed by atoms with Gasteiger partial charge in [-0.2, -0.15) is 25.4 Å². The third-order valence-corrected chi connectivity index (χ3v) is 11.2. The summed E-state index contributed by atoms with van der Waals surface area (Å²) in [4.78, 5) is 27.0. The minimum Gasteiger partial charge on any atom is -0.444 e. The van der Waals surface area contributed by atoms with E-state index < -0.39 is 43.8 Å². The molecule has 54 heavy (non-hydrogen) atoms. The fourth-order valence-electron chi connectivity index (χ4n) is 4.83. The molecule has 0 atom stereocenters. The van der Waals surface area contributed by atoms with Gasteiger partial charge in [-0.3, -0.25) is 4.72 Å². The van der Waals surface area contributed by atoms with Crippen molar-refractivity contribution < 1.29 is 40.5 Å². The summed E-state index contributed by atoms with van der Waals surface area (Å²) in [6.45, 7) is 12.9. The molecular weight excluding hydrogens is 783 g/mol. The summed E-state index contributed by atoms with van der Waals surface area (Å²) in [7, 11) is -5.51. The van der Waals surface area contributed by atoms with Gasteiger partial charge in [0, 0.05) is 68.1 Å². The van der Waals surface area contributed by atoms with Crippen molar-refractivity contribution in [2.75, 3.05) is 62.8 Å². The van der Waals surface area contributed by atoms with Crippen LogP contribution in [0.2, 0.25) is 10.0 Å². The van der Waals surface area contributed by atoms with E-state index in [0.29, 0.717) is 34.5 Å². The first kappa shape index (κ1) is 44.6. The van der Waals surface area contributed by atoms with Gasteiger partial charge >= 0.3 is 32.6 Å². The maximum atomic E-state index is 12.4. The van der Waals surface area contributed by atoms with E-state index in [9.17, 15) is 26.4 Å². The van der Waals surface area contributed by atoms with Gasteiger partial charge in [0.1, 0.15) is 23.6 Å². The summed E-state index contributed by atoms with van der Waals surface area (Å²) in [5.74, 6) is 0. The summed E-state index contributed by atoms with van der Waals surface area (Å²) >= 11 is 11.4. The second-order valence-corrected chi connectivity index (χ2v) is 18.7. The van der Waals surface area contributed by atoms with Crippen molar-refractivity contribution in [2.24, 2.45) is 7.05 Å². The minimum absolute atomic E-state index is 0.204. The summed E-state index contributed by atoms with van der Waals surface area (Å²) in [5.41, 5.74) is 5.35. The Morgan fingerprint density at radius 3 is 1.59 bits per heavy atom. The van der Waals surface area contributed by atoms with Crippen molar-refractivity contribution in [1.29, 1.82) is 0 Å². The summed E-state index contributed by atoms with van der Waals surface area (Å²) in [6.07, 6.45) is 3.82. The molecule has 0 bridgehead atoms. The van der Waals surface area contributed by atoms with Gasteiger partial charge in [0.25, 0.3) is 6.33 Å². The first-order chi connectivity index (χ1) is 24.9. The van der Waals surface area contributed by atoms with Crippen LogP contribution in [-0.4, -0.2) is 115 Å². The highest BCUT2D eigenvalue weighted by Crippen LogP contribution is 2.19. The number of aryl methyl sites for hydroxylation is 1. The number of imidazole rings is 1. The monoisotopic (exact) mass is 833 g/mol. The van der Waals surface area contributed by atoms with E-state index in [0.717, 1.165) is 0 Å². The Balaban J connectivity index is 0.000000242. The van der Waals surface area contributed by atoms with Crippen LogP contribution in [0, 0.1) is 0 Å². The van der Waals surface area contributed by atoms with E-state index in [2.05, 4.69) is 4.72 Å². The Bertz CT molecular complexity index is 1920. The van der Waals surface area contributed by atoms with Crippen molar-refractivity contribution in [3.63, 3.8) is 0 Å². The molecule has 0 unspecified atom stereocenters. The van der Waals surface area contributed by atoms with Crippen LogP contribution in [0.5, 0.6) is 0 Å². The molecule has 2 aliphatic rings. The van der Waals surface area contributed by atoms with E-state index in [1.807, 2.05) is 6.07 Å². The fourth-order valence-corrected chi connectivity index (χ4v) is 7.79. The minimum atomic E-state index is -3.69. The number of carbonyl (C=O) groups is 2. The average molecular weight is 835 g/mol. The van der Waals surface area contributed by atoms with Gasteiger partial charge in [0.15, 0.2) is 0 Å². The molecule has 2 amide bonds. The first-order valence-corrected chi connectivity index (χ1v) is 20.6. The van der Waals surface area contributed by atoms with Crippen molar-refractivity contribution >= 4 is 67.2 Å². The van der Waals surface area contributed by atoms with Crippen molar-refractivity contribution in [2.45, 2.75) is 52.7 Å². The number of nitrogen functional groups attached to an aromatic ring is 1. The molecule has 5 rings (SSSR count). The topological polar surface area (TPSA) is 181 Å². The lowest BCUT2D eigenvalue weighted by Crippen LogP contribution is -2.52. The Kier molecular flexibility index (Phi) is 15.4. The van der Waals surface area contributed by atoms with Crippen LogP contribution in [0.25, 0.3) is 0 Å². The number of anilines is 2. The third-order valence-electron chi connectivity index (χ3n) is 7.38. The van der Waals surface area contributed by atoms with Gasteiger partial charge in [-0.15, -0.1) is 3.97 Å². The normalized spacial score (nSPS) is 15.9. The molecule has 3 N–H and O–H groups in total. The zero-order valence-electron chi connectivity index (χ0n) is 31.6. The van der Waals surface area contributed by atoms with Crippen LogP contribution >= 0.6 is 23.2 Å². The molecular formula is C34H51Cl2N8O8S2+. The van der Waals surface area contributed by atoms with Crippen LogP contribution in [0.1, 0.15) is 41.5 Å². The van der Waals surface area contributed by atoms with Gasteiger partial charge in [0.2, 0.25) is 0 Å². The van der Waals surface area contributed by atoms with E-state index in [1.54, 1.807) is 95.8 Å². The van der Waals surface area contributed by atoms with E-state index >= 15 is 0 Å². The molecule has 16 nitrogen and oxygen atoms in total. The van der Waals surface area contributed by atoms with Gasteiger partial charge in [-0.05, 0) is 77.9 Å². The smallest absolute Gasteiger partial charge is 0.410 e. The number of hydrogen-bond donors (Lipinski definition) is 2. The molecule has 20 heteroatoms. The Morgan fingerprint density at radius 1 is 0.741 bits per heavy atom. The zero-order valence-corrected chi connectivity index (χ0v) is 34.8. The highest BCUT2D eigenvalue weighted by molar-refractivity contribution is 7.90. The second-order valence-electron chi connectivity index (χ2n) is 14.3. The molecule has 1 aromatic heterocycles. The van der Waals surface area contributed by atoms with Crippen LogP contribution in [0.15, 0.2) is 67.3 Å². The molecule has 2 aliphatic heterocycles. The standard InChI is InChI=1S/C15H22ClN3O4S.C13H23N4O4S.C6H6ClN/c1-15(2,3)23-14(20)18-7-9-19(10-8-18)24(21,22)17-13-6-4-5-12(16)11-13;1-13(2,3)21-12(18)15-6-9-16(10-7-15)22(19,20)17-8-5-14(4)11-17;7-5-2-1-3-6(8)4-5/h4-6,11,17H,7-10H2,1-3H3;5,8,11H,6-7,9-10H2,1-4H3;1-4H,8H2/q;+1;. The van der Waals surface area contributed by atoms with E-state index in [1.165, 1.54) is 41.0 Å². The highest BCUT2D eigenvalue weighted by Gasteiger charge is 2.35. The number of rotatable bonds is 5. The van der Waals surface area contributed by atoms with Crippen LogP contribution < -0.4 is 15.0 Å². The predicted octanol–water partition coefficient (Wildman–Crippen LogP) is 4.43. The molecule has 2 fully saturated rings. The average Bonchev–Trinajstić information content (AvgIpc) is 3.51. The number of hydrogen-bond acceptors (Lipinski definition) is 9. The van der Waals surface area contributed by atoms with Crippen molar-refractivity contribution in [1.82, 2.24) is 22.4 Å². The predicted molar refractivity (Wildman–Crippen MR) is 209 cm³/mol. The summed E-state index contributed by atoms with van der Waals surface area (Å²) < 4.78 is 68.3. The highest BCUT2D eigenvalue weighted by atomic mass is 35.5. The Morgan fingerprint density at radius 2 is 1.20 bits per heavy atom. The number of halogens is 2. The summed E-state index contributed by atoms with van der Waals surface area (Å²) in [5, 5.41) is 1.13. The molecule has 3 heterocycles. The number of nitrogens with one attached hydrogen (secondary N) is 1. The largest absolute Gasteiger partial charge is 0.444 e. The molecule has 0 aliphatic carbocycles. The molecule has 0 radical (unpaired) electrons. The molecule has 300 valence electrons. The lowest BCUT2D eigenvalue weighted by molar-refractivity contribution is -0.670. The fraction of sp³-hybridized carbons (Fsp3) is 0.500. The lowest BCUT2D eigenvalue weighted by atomic mass is 10.2. The van der Waals surface area contributed by atoms with Crippen LogP contribution in [-0.2, 0) is 36.9 Å². The number of aromatic nitrogens is 2. The third kappa shape index (κ3) is 14.4. The van der Waals surface area contributed by atoms with Gasteiger partial charge in [-0.25, -0.2) is 14.2 Å². The number of amides is 2. The quantitative estimate of drug-likeness (QED) is 0.278. The first-order valence-electron chi connectivity index (χ1n) is 17.0. The van der Waals surface area contributed by atoms with E-state index in [4.69, 9.17) is 38.4 Å².